The molecule has 4 N–H and O–H groups in total. The van der Waals surface area contributed by atoms with E-state index in [1.54, 1.807) is 0 Å². The van der Waals surface area contributed by atoms with Gasteiger partial charge < -0.3 is 16.3 Å². The third-order valence-electron chi connectivity index (χ3n) is 3.41. The number of hydrogen-bond donors (Lipinski definition) is 3. The van der Waals surface area contributed by atoms with Crippen molar-refractivity contribution in [2.24, 2.45) is 10.9 Å². The fraction of sp³-hybridized carbons (Fsp3) is 0.500. The Morgan fingerprint density at radius 2 is 2.11 bits per heavy atom. The monoisotopic (exact) mass is 247 g/mol. The highest BCUT2D eigenvalue weighted by molar-refractivity contribution is 5.79. The van der Waals surface area contributed by atoms with Gasteiger partial charge in [0.2, 0.25) is 0 Å². The number of rotatable bonds is 7. The Hall–Kier alpha value is -1.55. The van der Waals surface area contributed by atoms with Crippen molar-refractivity contribution in [3.63, 3.8) is 0 Å². The molecule has 4 nitrogen and oxygen atoms in total. The highest BCUT2D eigenvalue weighted by atomic mass is 16.4. The van der Waals surface area contributed by atoms with Crippen LogP contribution >= 0.6 is 0 Å². The first-order valence-electron chi connectivity index (χ1n) is 6.56. The van der Waals surface area contributed by atoms with Crippen molar-refractivity contribution in [2.45, 2.75) is 37.6 Å². The summed E-state index contributed by atoms with van der Waals surface area (Å²) in [4.78, 5) is 0. The van der Waals surface area contributed by atoms with E-state index in [4.69, 9.17) is 10.9 Å². The van der Waals surface area contributed by atoms with Crippen LogP contribution in [0.15, 0.2) is 35.5 Å². The first kappa shape index (κ1) is 12.9. The van der Waals surface area contributed by atoms with Crippen molar-refractivity contribution >= 4 is 5.84 Å². The van der Waals surface area contributed by atoms with Gasteiger partial charge in [-0.15, -0.1) is 0 Å². The zero-order valence-corrected chi connectivity index (χ0v) is 10.5. The van der Waals surface area contributed by atoms with Crippen LogP contribution in [-0.2, 0) is 0 Å². The van der Waals surface area contributed by atoms with E-state index in [-0.39, 0.29) is 0 Å². The van der Waals surface area contributed by atoms with Crippen molar-refractivity contribution in [3.05, 3.63) is 35.9 Å². The molecular weight excluding hydrogens is 226 g/mol. The minimum atomic E-state index is 0.323. The fourth-order valence-corrected chi connectivity index (χ4v) is 2.26. The smallest absolute Gasteiger partial charge is 0.139 e. The zero-order valence-electron chi connectivity index (χ0n) is 10.5. The number of amidine groups is 1. The Balaban J connectivity index is 1.57. The van der Waals surface area contributed by atoms with Crippen molar-refractivity contribution in [1.82, 2.24) is 5.32 Å². The van der Waals surface area contributed by atoms with Gasteiger partial charge in [-0.05, 0) is 31.4 Å². The molecule has 4 heteroatoms. The summed E-state index contributed by atoms with van der Waals surface area (Å²) in [5.41, 5.74) is 6.84. The molecule has 1 aromatic rings. The minimum absolute atomic E-state index is 0.323. The summed E-state index contributed by atoms with van der Waals surface area (Å²) in [5.74, 6) is 1.01. The standard InChI is InChI=1S/C14H21N3O/c15-14(17-18)8-4-5-9-16-13-10-12(13)11-6-2-1-3-7-11/h1-3,6-7,12-13,16,18H,4-5,8-10H2,(H2,15,17). The van der Waals surface area contributed by atoms with Crippen LogP contribution in [0.2, 0.25) is 0 Å². The summed E-state index contributed by atoms with van der Waals surface area (Å²) in [6.07, 6.45) is 3.94. The first-order valence-corrected chi connectivity index (χ1v) is 6.56. The van der Waals surface area contributed by atoms with Crippen molar-refractivity contribution in [3.8, 4) is 0 Å². The Labute approximate surface area is 108 Å². The quantitative estimate of drug-likeness (QED) is 0.227. The first-order chi connectivity index (χ1) is 8.81. The lowest BCUT2D eigenvalue weighted by molar-refractivity contribution is 0.316. The van der Waals surface area contributed by atoms with Gasteiger partial charge in [-0.3, -0.25) is 0 Å². The predicted octanol–water partition coefficient (Wildman–Crippen LogP) is 2.05. The molecule has 0 bridgehead atoms. The Morgan fingerprint density at radius 3 is 2.83 bits per heavy atom. The highest BCUT2D eigenvalue weighted by Crippen LogP contribution is 2.40. The molecule has 18 heavy (non-hydrogen) atoms. The molecule has 2 rings (SSSR count). The molecule has 0 radical (unpaired) electrons. The second-order valence-electron chi connectivity index (χ2n) is 4.86. The van der Waals surface area contributed by atoms with E-state index in [0.717, 1.165) is 19.4 Å². The summed E-state index contributed by atoms with van der Waals surface area (Å²) in [6.45, 7) is 1.01. The predicted molar refractivity (Wildman–Crippen MR) is 72.9 cm³/mol. The normalized spacial score (nSPS) is 23.0. The average molecular weight is 247 g/mol. The average Bonchev–Trinajstić information content (AvgIpc) is 3.18. The lowest BCUT2D eigenvalue weighted by atomic mass is 10.1. The maximum atomic E-state index is 8.40. The number of nitrogens with two attached hydrogens (primary N) is 1. The number of hydrogen-bond acceptors (Lipinski definition) is 3. The van der Waals surface area contributed by atoms with Crippen molar-refractivity contribution < 1.29 is 5.21 Å². The van der Waals surface area contributed by atoms with E-state index >= 15 is 0 Å². The van der Waals surface area contributed by atoms with Crippen molar-refractivity contribution in [1.29, 1.82) is 0 Å². The number of nitrogens with one attached hydrogen (secondary N) is 1. The molecule has 1 fully saturated rings. The molecule has 0 saturated heterocycles. The van der Waals surface area contributed by atoms with E-state index in [0.29, 0.717) is 24.2 Å². The molecule has 0 aromatic heterocycles. The van der Waals surface area contributed by atoms with Gasteiger partial charge in [0, 0.05) is 18.4 Å². The molecule has 1 aliphatic carbocycles. The van der Waals surface area contributed by atoms with Crippen LogP contribution in [0.5, 0.6) is 0 Å². The van der Waals surface area contributed by atoms with Gasteiger partial charge in [0.15, 0.2) is 0 Å². The largest absolute Gasteiger partial charge is 0.409 e. The van der Waals surface area contributed by atoms with E-state index in [9.17, 15) is 0 Å². The van der Waals surface area contributed by atoms with Gasteiger partial charge in [0.1, 0.15) is 5.84 Å². The van der Waals surface area contributed by atoms with Crippen LogP contribution in [0.4, 0.5) is 0 Å². The summed E-state index contributed by atoms with van der Waals surface area (Å²) in [5, 5.41) is 14.9. The van der Waals surface area contributed by atoms with E-state index in [1.165, 1.54) is 12.0 Å². The number of benzene rings is 1. The van der Waals surface area contributed by atoms with Crippen LogP contribution in [0.25, 0.3) is 0 Å². The fourth-order valence-electron chi connectivity index (χ4n) is 2.26. The lowest BCUT2D eigenvalue weighted by Gasteiger charge is -2.04. The molecule has 0 heterocycles. The summed E-state index contributed by atoms with van der Waals surface area (Å²) in [7, 11) is 0. The number of unbranched alkanes of at least 4 members (excludes halogenated alkanes) is 1. The molecule has 2 atom stereocenters. The molecule has 1 saturated carbocycles. The van der Waals surface area contributed by atoms with Crippen LogP contribution in [0, 0.1) is 0 Å². The molecule has 1 aromatic carbocycles. The summed E-state index contributed by atoms with van der Waals surface area (Å²) < 4.78 is 0. The van der Waals surface area contributed by atoms with E-state index < -0.39 is 0 Å². The second-order valence-corrected chi connectivity index (χ2v) is 4.86. The van der Waals surface area contributed by atoms with Gasteiger partial charge in [-0.25, -0.2) is 0 Å². The Morgan fingerprint density at radius 1 is 1.33 bits per heavy atom. The molecule has 1 aliphatic rings. The lowest BCUT2D eigenvalue weighted by Crippen LogP contribution is -2.20. The second kappa shape index (κ2) is 6.40. The molecule has 0 amide bonds. The van der Waals surface area contributed by atoms with Gasteiger partial charge in [-0.2, -0.15) is 0 Å². The molecule has 2 unspecified atom stereocenters. The van der Waals surface area contributed by atoms with E-state index in [1.807, 2.05) is 0 Å². The zero-order chi connectivity index (χ0) is 12.8. The van der Waals surface area contributed by atoms with Gasteiger partial charge in [0.05, 0.1) is 0 Å². The maximum Gasteiger partial charge on any atom is 0.139 e. The highest BCUT2D eigenvalue weighted by Gasteiger charge is 2.37. The van der Waals surface area contributed by atoms with E-state index in [2.05, 4.69) is 40.8 Å². The van der Waals surface area contributed by atoms with Crippen LogP contribution in [0.1, 0.15) is 37.2 Å². The van der Waals surface area contributed by atoms with Crippen LogP contribution in [0.3, 0.4) is 0 Å². The van der Waals surface area contributed by atoms with Crippen molar-refractivity contribution in [2.75, 3.05) is 6.54 Å². The number of nitrogens with zero attached hydrogens (tertiary/aromatic N) is 1. The van der Waals surface area contributed by atoms with Crippen LogP contribution in [-0.4, -0.2) is 23.6 Å². The van der Waals surface area contributed by atoms with Crippen LogP contribution < -0.4 is 11.1 Å². The topological polar surface area (TPSA) is 70.6 Å². The molecule has 0 aliphatic heterocycles. The molecule has 0 spiro atoms. The van der Waals surface area contributed by atoms with Gasteiger partial charge in [-0.1, -0.05) is 35.5 Å². The molecular formula is C14H21N3O. The van der Waals surface area contributed by atoms with Gasteiger partial charge >= 0.3 is 0 Å². The summed E-state index contributed by atoms with van der Waals surface area (Å²) in [6, 6.07) is 11.3. The summed E-state index contributed by atoms with van der Waals surface area (Å²) >= 11 is 0. The maximum absolute atomic E-state index is 8.40. The van der Waals surface area contributed by atoms with Gasteiger partial charge in [0.25, 0.3) is 0 Å². The molecule has 98 valence electrons. The Bertz CT molecular complexity index is 391. The Kier molecular flexibility index (Phi) is 4.59. The third kappa shape index (κ3) is 3.74. The third-order valence-corrected chi connectivity index (χ3v) is 3.41. The SMILES string of the molecule is NC(CCCCNC1CC1c1ccccc1)=NO. The number of oxime groups is 1. The minimum Gasteiger partial charge on any atom is -0.409 e.